The highest BCUT2D eigenvalue weighted by Gasteiger charge is 2.49. The highest BCUT2D eigenvalue weighted by Crippen LogP contribution is 2.44. The van der Waals surface area contributed by atoms with Crippen molar-refractivity contribution >= 4 is 39.5 Å². The molecule has 0 spiro atoms. The molecule has 5 rings (SSSR count). The van der Waals surface area contributed by atoms with Gasteiger partial charge in [-0.2, -0.15) is 13.2 Å². The lowest BCUT2D eigenvalue weighted by Gasteiger charge is -2.22. The third-order valence-corrected chi connectivity index (χ3v) is 5.73. The van der Waals surface area contributed by atoms with Crippen molar-refractivity contribution < 1.29 is 23.1 Å². The van der Waals surface area contributed by atoms with Gasteiger partial charge >= 0.3 is 6.18 Å². The van der Waals surface area contributed by atoms with Crippen molar-refractivity contribution in [2.75, 3.05) is 11.1 Å². The highest BCUT2D eigenvalue weighted by atomic mass is 19.4. The molecule has 0 saturated heterocycles. The molecule has 33 heavy (non-hydrogen) atoms. The standard InChI is InChI=1S/C21H18F3N7O2/c22-21(23,24)17(8-1-2-8)31-19-15-11-4-14(32)10(9-5-28-20(26)29-6-9)3-13(11)30-16(15)12(7-27-19)18(25)33/h3-8,17,30,32H,1-2H2,(H2,25,33)(H,27,31)(H2,26,28,29). The fourth-order valence-electron chi connectivity index (χ4n) is 3.98. The normalized spacial score (nSPS) is 15.1. The second-order valence-electron chi connectivity index (χ2n) is 8.01. The molecule has 1 atom stereocenters. The largest absolute Gasteiger partial charge is 0.507 e. The van der Waals surface area contributed by atoms with Crippen LogP contribution in [0.2, 0.25) is 0 Å². The van der Waals surface area contributed by atoms with Gasteiger partial charge in [-0.3, -0.25) is 4.79 Å². The van der Waals surface area contributed by atoms with Gasteiger partial charge in [0.15, 0.2) is 0 Å². The van der Waals surface area contributed by atoms with E-state index >= 15 is 0 Å². The number of alkyl halides is 3. The Balaban J connectivity index is 1.72. The molecule has 1 aliphatic carbocycles. The first-order chi connectivity index (χ1) is 15.6. The minimum atomic E-state index is -4.48. The molecule has 0 bridgehead atoms. The number of aromatic amines is 1. The van der Waals surface area contributed by atoms with Crippen LogP contribution in [0, 0.1) is 5.92 Å². The first-order valence-electron chi connectivity index (χ1n) is 10.0. The van der Waals surface area contributed by atoms with Crippen molar-refractivity contribution in [3.8, 4) is 16.9 Å². The van der Waals surface area contributed by atoms with Gasteiger partial charge in [-0.15, -0.1) is 0 Å². The van der Waals surface area contributed by atoms with Gasteiger partial charge in [-0.1, -0.05) is 0 Å². The average Bonchev–Trinajstić information content (AvgIpc) is 3.51. The minimum Gasteiger partial charge on any atom is -0.507 e. The number of amides is 1. The number of nitrogens with zero attached hydrogens (tertiary/aromatic N) is 3. The van der Waals surface area contributed by atoms with Crippen molar-refractivity contribution in [3.05, 3.63) is 36.3 Å². The first kappa shape index (κ1) is 20.8. The molecule has 7 N–H and O–H groups in total. The number of nitrogen functional groups attached to an aromatic ring is 1. The van der Waals surface area contributed by atoms with Gasteiger partial charge in [-0.25, -0.2) is 15.0 Å². The smallest absolute Gasteiger partial charge is 0.408 e. The summed E-state index contributed by atoms with van der Waals surface area (Å²) >= 11 is 0. The predicted octanol–water partition coefficient (Wildman–Crippen LogP) is 3.31. The number of hydrogen-bond donors (Lipinski definition) is 5. The fourth-order valence-corrected chi connectivity index (χ4v) is 3.98. The maximum atomic E-state index is 13.6. The van der Waals surface area contributed by atoms with Crippen LogP contribution in [0.5, 0.6) is 5.75 Å². The van der Waals surface area contributed by atoms with Crippen LogP contribution in [-0.4, -0.2) is 43.2 Å². The molecule has 3 heterocycles. The van der Waals surface area contributed by atoms with Gasteiger partial charge in [0.1, 0.15) is 17.6 Å². The fraction of sp³-hybridized carbons (Fsp3) is 0.238. The molecule has 1 aliphatic rings. The van der Waals surface area contributed by atoms with Gasteiger partial charge in [-0.05, 0) is 30.9 Å². The summed E-state index contributed by atoms with van der Waals surface area (Å²) in [7, 11) is 0. The van der Waals surface area contributed by atoms with Crippen LogP contribution in [0.3, 0.4) is 0 Å². The van der Waals surface area contributed by atoms with Crippen LogP contribution < -0.4 is 16.8 Å². The lowest BCUT2D eigenvalue weighted by atomic mass is 10.0. The number of carbonyl (C=O) groups is 1. The molecule has 3 aromatic heterocycles. The Bertz CT molecular complexity index is 1400. The number of primary amides is 1. The summed E-state index contributed by atoms with van der Waals surface area (Å²) in [6, 6.07) is 1.19. The number of carbonyl (C=O) groups excluding carboxylic acids is 1. The Morgan fingerprint density at radius 2 is 1.88 bits per heavy atom. The second kappa shape index (κ2) is 7.22. The van der Waals surface area contributed by atoms with E-state index in [1.54, 1.807) is 6.07 Å². The van der Waals surface area contributed by atoms with Crippen LogP contribution in [0.1, 0.15) is 23.2 Å². The van der Waals surface area contributed by atoms with Crippen molar-refractivity contribution in [2.24, 2.45) is 11.7 Å². The molecule has 1 saturated carbocycles. The Kier molecular flexibility index (Phi) is 4.55. The summed E-state index contributed by atoms with van der Waals surface area (Å²) in [6.45, 7) is 0. The number of halogens is 3. The van der Waals surface area contributed by atoms with Crippen LogP contribution >= 0.6 is 0 Å². The first-order valence-corrected chi connectivity index (χ1v) is 10.0. The highest BCUT2D eigenvalue weighted by molar-refractivity contribution is 6.19. The number of rotatable bonds is 5. The van der Waals surface area contributed by atoms with Crippen LogP contribution in [-0.2, 0) is 0 Å². The number of nitrogens with two attached hydrogens (primary N) is 2. The molecule has 1 fully saturated rings. The summed E-state index contributed by atoms with van der Waals surface area (Å²) in [5.74, 6) is -1.50. The van der Waals surface area contributed by atoms with Crippen molar-refractivity contribution in [3.63, 3.8) is 0 Å². The van der Waals surface area contributed by atoms with E-state index in [1.807, 2.05) is 0 Å². The van der Waals surface area contributed by atoms with Crippen molar-refractivity contribution in [1.29, 1.82) is 0 Å². The molecule has 12 heteroatoms. The number of nitrogens with one attached hydrogen (secondary N) is 2. The number of benzene rings is 1. The molecule has 9 nitrogen and oxygen atoms in total. The average molecular weight is 457 g/mol. The molecule has 0 radical (unpaired) electrons. The summed E-state index contributed by atoms with van der Waals surface area (Å²) in [4.78, 5) is 26.9. The Morgan fingerprint density at radius 1 is 1.18 bits per heavy atom. The summed E-state index contributed by atoms with van der Waals surface area (Å²) < 4.78 is 40.9. The molecule has 170 valence electrons. The van der Waals surface area contributed by atoms with Gasteiger partial charge in [0, 0.05) is 40.6 Å². The number of pyridine rings is 1. The maximum absolute atomic E-state index is 13.6. The van der Waals surface area contributed by atoms with Gasteiger partial charge in [0.25, 0.3) is 5.91 Å². The Morgan fingerprint density at radius 3 is 2.48 bits per heavy atom. The zero-order valence-corrected chi connectivity index (χ0v) is 16.9. The summed E-state index contributed by atoms with van der Waals surface area (Å²) in [5, 5.41) is 13.8. The molecule has 1 unspecified atom stereocenters. The monoisotopic (exact) mass is 457 g/mol. The zero-order chi connectivity index (χ0) is 23.5. The number of H-pyrrole nitrogens is 1. The number of fused-ring (bicyclic) bond motifs is 3. The van der Waals surface area contributed by atoms with Crippen molar-refractivity contribution in [2.45, 2.75) is 25.1 Å². The maximum Gasteiger partial charge on any atom is 0.408 e. The third-order valence-electron chi connectivity index (χ3n) is 5.73. The molecule has 4 aromatic rings. The SMILES string of the molecule is NC(=O)c1cnc(NC(C2CC2)C(F)(F)F)c2c1[nH]c1cc(-c3cnc(N)nc3)c(O)cc12. The van der Waals surface area contributed by atoms with E-state index in [1.165, 1.54) is 18.5 Å². The van der Waals surface area contributed by atoms with Crippen LogP contribution in [0.25, 0.3) is 32.9 Å². The van der Waals surface area contributed by atoms with E-state index < -0.39 is 24.0 Å². The summed E-state index contributed by atoms with van der Waals surface area (Å²) in [6.07, 6.45) is 0.436. The van der Waals surface area contributed by atoms with Gasteiger partial charge in [0.2, 0.25) is 5.95 Å². The quantitative estimate of drug-likeness (QED) is 0.308. The minimum absolute atomic E-state index is 0.0126. The lowest BCUT2D eigenvalue weighted by molar-refractivity contribution is -0.146. The van der Waals surface area contributed by atoms with Crippen LogP contribution in [0.4, 0.5) is 24.9 Å². The number of phenols is 1. The number of aromatic hydroxyl groups is 1. The second-order valence-corrected chi connectivity index (χ2v) is 8.01. The zero-order valence-electron chi connectivity index (χ0n) is 16.9. The van der Waals surface area contributed by atoms with E-state index in [0.717, 1.165) is 6.20 Å². The predicted molar refractivity (Wildman–Crippen MR) is 115 cm³/mol. The van der Waals surface area contributed by atoms with E-state index in [0.29, 0.717) is 34.9 Å². The van der Waals surface area contributed by atoms with Gasteiger partial charge in [0.05, 0.1) is 16.5 Å². The van der Waals surface area contributed by atoms with Crippen molar-refractivity contribution in [1.82, 2.24) is 19.9 Å². The third kappa shape index (κ3) is 3.62. The van der Waals surface area contributed by atoms with E-state index in [2.05, 4.69) is 25.3 Å². The topological polar surface area (TPSA) is 156 Å². The van der Waals surface area contributed by atoms with E-state index in [4.69, 9.17) is 11.5 Å². The molecule has 0 aliphatic heterocycles. The molecular formula is C21H18F3N7O2. The molecule has 1 aromatic carbocycles. The van der Waals surface area contributed by atoms with E-state index in [-0.39, 0.29) is 34.0 Å². The Hall–Kier alpha value is -4.09. The number of anilines is 2. The number of aromatic nitrogens is 4. The molecular weight excluding hydrogens is 439 g/mol. The van der Waals surface area contributed by atoms with Gasteiger partial charge < -0.3 is 26.9 Å². The lowest BCUT2D eigenvalue weighted by Crippen LogP contribution is -2.38. The number of phenolic OH excluding ortho intramolecular Hbond substituents is 1. The number of hydrogen-bond acceptors (Lipinski definition) is 7. The molecule has 1 amide bonds. The summed E-state index contributed by atoms with van der Waals surface area (Å²) in [5.41, 5.74) is 12.5. The van der Waals surface area contributed by atoms with Crippen LogP contribution in [0.15, 0.2) is 30.7 Å². The Labute approximate surface area is 184 Å². The van der Waals surface area contributed by atoms with E-state index in [9.17, 15) is 23.1 Å².